The van der Waals surface area contributed by atoms with Crippen molar-refractivity contribution in [3.63, 3.8) is 0 Å². The highest BCUT2D eigenvalue weighted by atomic mass is 16.4. The molecular weight excluding hydrogens is 208 g/mol. The first kappa shape index (κ1) is 12.2. The van der Waals surface area contributed by atoms with Crippen molar-refractivity contribution in [2.75, 3.05) is 0 Å². The molecule has 0 fully saturated rings. The van der Waals surface area contributed by atoms with Crippen molar-refractivity contribution in [2.45, 2.75) is 19.3 Å². The lowest BCUT2D eigenvalue weighted by Gasteiger charge is -2.36. The maximum Gasteiger partial charge on any atom is 0.0510 e. The highest BCUT2D eigenvalue weighted by Gasteiger charge is 2.33. The van der Waals surface area contributed by atoms with Crippen LogP contribution in [0, 0.1) is 5.92 Å². The zero-order valence-electron chi connectivity index (χ0n) is 9.10. The summed E-state index contributed by atoms with van der Waals surface area (Å²) in [6.45, 7) is 3.08. The molecule has 16 heavy (non-hydrogen) atoms. The van der Waals surface area contributed by atoms with Crippen LogP contribution >= 0.6 is 0 Å². The Morgan fingerprint density at radius 2 is 1.50 bits per heavy atom. The summed E-state index contributed by atoms with van der Waals surface area (Å²) in [5.74, 6) is -4.93. The Morgan fingerprint density at radius 3 is 1.88 bits per heavy atom. The first-order chi connectivity index (χ1) is 7.37. The third-order valence-corrected chi connectivity index (χ3v) is 2.71. The first-order valence-corrected chi connectivity index (χ1v) is 4.84. The summed E-state index contributed by atoms with van der Waals surface area (Å²) in [5, 5.41) is 21.7. The maximum absolute atomic E-state index is 10.8. The maximum atomic E-state index is 10.8. The van der Waals surface area contributed by atoms with Gasteiger partial charge in [0.05, 0.1) is 11.9 Å². The summed E-state index contributed by atoms with van der Waals surface area (Å²) in [5.41, 5.74) is -0.452. The van der Waals surface area contributed by atoms with Gasteiger partial charge in [-0.05, 0) is 5.56 Å². The average molecular weight is 220 g/mol. The van der Waals surface area contributed by atoms with Gasteiger partial charge in [-0.15, -0.1) is 0 Å². The molecule has 0 heterocycles. The number of carbonyl (C=O) groups is 2. The number of aliphatic carboxylic acids is 2. The molecule has 0 atom stereocenters. The number of carbonyl (C=O) groups excluding carboxylic acids is 2. The van der Waals surface area contributed by atoms with Gasteiger partial charge in [-0.2, -0.15) is 0 Å². The molecule has 0 aliphatic carbocycles. The molecule has 0 radical (unpaired) electrons. The van der Waals surface area contributed by atoms with E-state index in [9.17, 15) is 19.8 Å². The summed E-state index contributed by atoms with van der Waals surface area (Å²) in [6, 6.07) is 8.57. The second-order valence-corrected chi connectivity index (χ2v) is 4.16. The van der Waals surface area contributed by atoms with Gasteiger partial charge in [-0.3, -0.25) is 0 Å². The van der Waals surface area contributed by atoms with E-state index >= 15 is 0 Å². The summed E-state index contributed by atoms with van der Waals surface area (Å²) < 4.78 is 0. The van der Waals surface area contributed by atoms with Crippen molar-refractivity contribution in [3.8, 4) is 0 Å². The Balaban J connectivity index is 3.18. The van der Waals surface area contributed by atoms with Gasteiger partial charge in [0.1, 0.15) is 0 Å². The largest absolute Gasteiger partial charge is 0.549 e. The minimum Gasteiger partial charge on any atom is -0.549 e. The third-order valence-electron chi connectivity index (χ3n) is 2.71. The molecule has 0 bridgehead atoms. The van der Waals surface area contributed by atoms with Crippen molar-refractivity contribution < 1.29 is 19.8 Å². The monoisotopic (exact) mass is 220 g/mol. The van der Waals surface area contributed by atoms with Gasteiger partial charge in [0.2, 0.25) is 0 Å². The van der Waals surface area contributed by atoms with Crippen molar-refractivity contribution in [1.82, 2.24) is 0 Å². The molecule has 1 aromatic carbocycles. The van der Waals surface area contributed by atoms with Crippen molar-refractivity contribution in [1.29, 1.82) is 0 Å². The average Bonchev–Trinajstić information content (AvgIpc) is 2.17. The Labute approximate surface area is 93.5 Å². The quantitative estimate of drug-likeness (QED) is 0.614. The molecule has 0 aliphatic heterocycles. The molecule has 1 rings (SSSR count). The van der Waals surface area contributed by atoms with Crippen LogP contribution in [0.1, 0.15) is 19.4 Å². The zero-order valence-corrected chi connectivity index (χ0v) is 9.10. The third kappa shape index (κ3) is 2.21. The fourth-order valence-electron chi connectivity index (χ4n) is 1.72. The van der Waals surface area contributed by atoms with Gasteiger partial charge >= 0.3 is 0 Å². The summed E-state index contributed by atoms with van der Waals surface area (Å²) in [6.07, 6.45) is 0. The lowest BCUT2D eigenvalue weighted by molar-refractivity contribution is -0.334. The highest BCUT2D eigenvalue weighted by Crippen LogP contribution is 2.31. The summed E-state index contributed by atoms with van der Waals surface area (Å²) >= 11 is 0. The Kier molecular flexibility index (Phi) is 3.32. The van der Waals surface area contributed by atoms with E-state index in [0.717, 1.165) is 0 Å². The normalized spacial score (nSPS) is 11.4. The van der Waals surface area contributed by atoms with E-state index < -0.39 is 23.3 Å². The van der Waals surface area contributed by atoms with Gasteiger partial charge in [0.25, 0.3) is 0 Å². The molecular formula is C12H12O4-2. The molecule has 0 unspecified atom stereocenters. The molecule has 0 amide bonds. The van der Waals surface area contributed by atoms with E-state index in [1.165, 1.54) is 0 Å². The Bertz CT molecular complexity index is 381. The van der Waals surface area contributed by atoms with E-state index in [-0.39, 0.29) is 0 Å². The van der Waals surface area contributed by atoms with Gasteiger partial charge in [-0.25, -0.2) is 0 Å². The van der Waals surface area contributed by atoms with E-state index in [0.29, 0.717) is 5.56 Å². The van der Waals surface area contributed by atoms with E-state index in [1.807, 2.05) is 0 Å². The highest BCUT2D eigenvalue weighted by molar-refractivity contribution is 5.92. The van der Waals surface area contributed by atoms with Crippen LogP contribution in [0.2, 0.25) is 0 Å². The number of rotatable bonds is 4. The first-order valence-electron chi connectivity index (χ1n) is 4.84. The van der Waals surface area contributed by atoms with Crippen LogP contribution in [-0.4, -0.2) is 11.9 Å². The van der Waals surface area contributed by atoms with Gasteiger partial charge in [-0.1, -0.05) is 44.2 Å². The van der Waals surface area contributed by atoms with Gasteiger partial charge in [0.15, 0.2) is 0 Å². The Hall–Kier alpha value is -1.84. The molecule has 0 saturated carbocycles. The molecule has 4 nitrogen and oxygen atoms in total. The van der Waals surface area contributed by atoms with Crippen LogP contribution in [0.25, 0.3) is 0 Å². The van der Waals surface area contributed by atoms with Crippen LogP contribution < -0.4 is 10.2 Å². The van der Waals surface area contributed by atoms with Gasteiger partial charge < -0.3 is 19.8 Å². The SMILES string of the molecule is CC(C)(c1ccccc1)C(C(=O)[O-])C(=O)[O-]. The molecule has 0 N–H and O–H groups in total. The molecule has 0 saturated heterocycles. The van der Waals surface area contributed by atoms with Crippen LogP contribution in [0.15, 0.2) is 30.3 Å². The van der Waals surface area contributed by atoms with Crippen LogP contribution in [0.4, 0.5) is 0 Å². The molecule has 0 spiro atoms. The van der Waals surface area contributed by atoms with Crippen LogP contribution in [0.3, 0.4) is 0 Å². The number of carboxylic acid groups (broad SMARTS) is 2. The predicted molar refractivity (Wildman–Crippen MR) is 53.0 cm³/mol. The topological polar surface area (TPSA) is 80.3 Å². The molecule has 0 aromatic heterocycles. The molecule has 86 valence electrons. The molecule has 1 aromatic rings. The second kappa shape index (κ2) is 4.35. The molecule has 0 aliphatic rings. The number of hydrogen-bond acceptors (Lipinski definition) is 4. The van der Waals surface area contributed by atoms with E-state index in [4.69, 9.17) is 0 Å². The van der Waals surface area contributed by atoms with Crippen LogP contribution in [0.5, 0.6) is 0 Å². The smallest absolute Gasteiger partial charge is 0.0510 e. The lowest BCUT2D eigenvalue weighted by Crippen LogP contribution is -2.52. The summed E-state index contributed by atoms with van der Waals surface area (Å²) in [7, 11) is 0. The number of carboxylic acids is 2. The minimum atomic E-state index is -1.67. The predicted octanol–water partition coefficient (Wildman–Crippen LogP) is -0.920. The van der Waals surface area contributed by atoms with Crippen molar-refractivity contribution in [2.24, 2.45) is 5.92 Å². The standard InChI is InChI=1S/C12H14O4/c1-12(2,8-6-4-3-5-7-8)9(10(13)14)11(15)16/h3-7,9H,1-2H3,(H,13,14)(H,15,16)/p-2. The Morgan fingerprint density at radius 1 is 1.06 bits per heavy atom. The zero-order chi connectivity index (χ0) is 12.3. The van der Waals surface area contributed by atoms with E-state index in [1.54, 1.807) is 44.2 Å². The van der Waals surface area contributed by atoms with Crippen molar-refractivity contribution >= 4 is 11.9 Å². The number of hydrogen-bond donors (Lipinski definition) is 0. The number of benzene rings is 1. The molecule has 4 heteroatoms. The second-order valence-electron chi connectivity index (χ2n) is 4.16. The minimum absolute atomic E-state index is 0.619. The summed E-state index contributed by atoms with van der Waals surface area (Å²) in [4.78, 5) is 21.7. The van der Waals surface area contributed by atoms with Gasteiger partial charge in [0, 0.05) is 11.3 Å². The fraction of sp³-hybridized carbons (Fsp3) is 0.333. The lowest BCUT2D eigenvalue weighted by atomic mass is 9.73. The van der Waals surface area contributed by atoms with E-state index in [2.05, 4.69) is 0 Å². The van der Waals surface area contributed by atoms with Crippen LogP contribution in [-0.2, 0) is 15.0 Å². The van der Waals surface area contributed by atoms with Crippen molar-refractivity contribution in [3.05, 3.63) is 35.9 Å². The fourth-order valence-corrected chi connectivity index (χ4v) is 1.72.